The van der Waals surface area contributed by atoms with E-state index in [0.29, 0.717) is 17.3 Å². The van der Waals surface area contributed by atoms with Crippen LogP contribution in [0.3, 0.4) is 0 Å². The molecule has 0 aliphatic rings. The number of ether oxygens (including phenoxy) is 2. The fraction of sp³-hybridized carbons (Fsp3) is 0.308. The minimum atomic E-state index is -0.362. The summed E-state index contributed by atoms with van der Waals surface area (Å²) in [5.41, 5.74) is 1.58. The van der Waals surface area contributed by atoms with E-state index in [-0.39, 0.29) is 6.29 Å². The zero-order valence-corrected chi connectivity index (χ0v) is 11.1. The first-order valence-corrected chi connectivity index (χ1v) is 5.74. The molecule has 4 nitrogen and oxygen atoms in total. The number of halogens is 1. The van der Waals surface area contributed by atoms with Gasteiger partial charge in [0.25, 0.3) is 0 Å². The molecule has 0 heterocycles. The number of rotatable bonds is 6. The first-order valence-electron chi connectivity index (χ1n) is 5.36. The van der Waals surface area contributed by atoms with Crippen LogP contribution in [0.15, 0.2) is 30.3 Å². The van der Waals surface area contributed by atoms with E-state index in [0.717, 1.165) is 5.56 Å². The standard InChI is InChI=1S/C13H15ClN2O2/c1-17-13(18-2)9-16-12(7-8-15)10-3-5-11(14)6-4-10/h3-7,13,16H,9H2,1-2H3. The average Bonchev–Trinajstić information content (AvgIpc) is 2.39. The van der Waals surface area contributed by atoms with Crippen molar-refractivity contribution in [3.63, 3.8) is 0 Å². The molecule has 0 saturated heterocycles. The number of allylic oxidation sites excluding steroid dienone is 1. The van der Waals surface area contributed by atoms with Crippen LogP contribution in [0.5, 0.6) is 0 Å². The molecule has 96 valence electrons. The zero-order valence-electron chi connectivity index (χ0n) is 10.3. The van der Waals surface area contributed by atoms with Crippen molar-refractivity contribution < 1.29 is 9.47 Å². The van der Waals surface area contributed by atoms with E-state index in [2.05, 4.69) is 5.32 Å². The molecule has 0 spiro atoms. The highest BCUT2D eigenvalue weighted by Gasteiger charge is 2.07. The summed E-state index contributed by atoms with van der Waals surface area (Å²) < 4.78 is 10.1. The maximum absolute atomic E-state index is 8.78. The Morgan fingerprint density at radius 3 is 2.50 bits per heavy atom. The zero-order chi connectivity index (χ0) is 13.4. The normalized spacial score (nSPS) is 11.4. The quantitative estimate of drug-likeness (QED) is 0.635. The van der Waals surface area contributed by atoms with Gasteiger partial charge in [0, 0.05) is 25.3 Å². The summed E-state index contributed by atoms with van der Waals surface area (Å²) in [6.45, 7) is 0.448. The van der Waals surface area contributed by atoms with Crippen LogP contribution in [0, 0.1) is 11.3 Å². The number of methoxy groups -OCH3 is 2. The molecule has 0 atom stereocenters. The summed E-state index contributed by atoms with van der Waals surface area (Å²) in [7, 11) is 3.12. The molecule has 1 aromatic rings. The van der Waals surface area contributed by atoms with Crippen molar-refractivity contribution in [1.29, 1.82) is 5.26 Å². The van der Waals surface area contributed by atoms with Crippen LogP contribution in [0.1, 0.15) is 5.56 Å². The molecule has 0 unspecified atom stereocenters. The number of benzene rings is 1. The molecule has 5 heteroatoms. The van der Waals surface area contributed by atoms with Gasteiger partial charge in [-0.05, 0) is 17.7 Å². The first-order chi connectivity index (χ1) is 8.71. The molecule has 18 heavy (non-hydrogen) atoms. The summed E-state index contributed by atoms with van der Waals surface area (Å²) in [4.78, 5) is 0. The molecular formula is C13H15ClN2O2. The Bertz CT molecular complexity index is 433. The number of hydrogen-bond donors (Lipinski definition) is 1. The van der Waals surface area contributed by atoms with Gasteiger partial charge < -0.3 is 14.8 Å². The minimum Gasteiger partial charge on any atom is -0.379 e. The lowest BCUT2D eigenvalue weighted by molar-refractivity contribution is -0.0968. The van der Waals surface area contributed by atoms with Gasteiger partial charge in [-0.3, -0.25) is 0 Å². The second kappa shape index (κ2) is 7.72. The van der Waals surface area contributed by atoms with Crippen molar-refractivity contribution in [2.24, 2.45) is 0 Å². The summed E-state index contributed by atoms with van der Waals surface area (Å²) >= 11 is 5.82. The van der Waals surface area contributed by atoms with Gasteiger partial charge in [0.2, 0.25) is 0 Å². The van der Waals surface area contributed by atoms with Gasteiger partial charge in [0.1, 0.15) is 0 Å². The van der Waals surface area contributed by atoms with Crippen molar-refractivity contribution in [1.82, 2.24) is 5.32 Å². The van der Waals surface area contributed by atoms with Crippen molar-refractivity contribution in [3.05, 3.63) is 40.9 Å². The number of hydrogen-bond acceptors (Lipinski definition) is 4. The van der Waals surface area contributed by atoms with Crippen molar-refractivity contribution in [2.75, 3.05) is 20.8 Å². The van der Waals surface area contributed by atoms with E-state index < -0.39 is 0 Å². The predicted molar refractivity (Wildman–Crippen MR) is 70.9 cm³/mol. The Hall–Kier alpha value is -1.54. The Labute approximate surface area is 112 Å². The Morgan fingerprint density at radius 1 is 1.39 bits per heavy atom. The first kappa shape index (κ1) is 14.5. The molecule has 0 radical (unpaired) electrons. The molecular weight excluding hydrogens is 252 g/mol. The minimum absolute atomic E-state index is 0.362. The molecule has 0 amide bonds. The van der Waals surface area contributed by atoms with Crippen LogP contribution < -0.4 is 5.32 Å². The van der Waals surface area contributed by atoms with E-state index in [1.807, 2.05) is 18.2 Å². The van der Waals surface area contributed by atoms with Gasteiger partial charge in [-0.2, -0.15) is 5.26 Å². The van der Waals surface area contributed by atoms with Crippen LogP contribution in [0.4, 0.5) is 0 Å². The monoisotopic (exact) mass is 266 g/mol. The van der Waals surface area contributed by atoms with Crippen LogP contribution in [0.25, 0.3) is 5.70 Å². The van der Waals surface area contributed by atoms with E-state index in [4.69, 9.17) is 26.3 Å². The Kier molecular flexibility index (Phi) is 6.23. The van der Waals surface area contributed by atoms with Gasteiger partial charge in [0.05, 0.1) is 18.3 Å². The van der Waals surface area contributed by atoms with Crippen molar-refractivity contribution in [2.45, 2.75) is 6.29 Å². The SMILES string of the molecule is COC(CNC(=CC#N)c1ccc(Cl)cc1)OC. The smallest absolute Gasteiger partial charge is 0.173 e. The average molecular weight is 267 g/mol. The number of nitriles is 1. The Morgan fingerprint density at radius 2 is 2.00 bits per heavy atom. The third kappa shape index (κ3) is 4.38. The lowest BCUT2D eigenvalue weighted by Gasteiger charge is -2.16. The summed E-state index contributed by atoms with van der Waals surface area (Å²) in [5, 5.41) is 12.5. The molecule has 0 saturated carbocycles. The molecule has 0 aliphatic heterocycles. The molecule has 0 aromatic heterocycles. The van der Waals surface area contributed by atoms with Crippen molar-refractivity contribution >= 4 is 17.3 Å². The second-order valence-electron chi connectivity index (χ2n) is 3.48. The van der Waals surface area contributed by atoms with Gasteiger partial charge in [0.15, 0.2) is 6.29 Å². The van der Waals surface area contributed by atoms with Gasteiger partial charge in [-0.1, -0.05) is 23.7 Å². The van der Waals surface area contributed by atoms with Crippen LogP contribution in [-0.4, -0.2) is 27.1 Å². The van der Waals surface area contributed by atoms with E-state index in [1.54, 1.807) is 26.4 Å². The lowest BCUT2D eigenvalue weighted by Crippen LogP contribution is -2.28. The van der Waals surface area contributed by atoms with E-state index >= 15 is 0 Å². The highest BCUT2D eigenvalue weighted by atomic mass is 35.5. The fourth-order valence-corrected chi connectivity index (χ4v) is 1.51. The second-order valence-corrected chi connectivity index (χ2v) is 3.91. The number of nitrogens with zero attached hydrogens (tertiary/aromatic N) is 1. The van der Waals surface area contributed by atoms with Crippen LogP contribution in [0.2, 0.25) is 5.02 Å². The maximum atomic E-state index is 8.78. The molecule has 0 bridgehead atoms. The highest BCUT2D eigenvalue weighted by molar-refractivity contribution is 6.30. The Balaban J connectivity index is 2.76. The topological polar surface area (TPSA) is 54.3 Å². The summed E-state index contributed by atoms with van der Waals surface area (Å²) in [6, 6.07) is 9.23. The molecule has 1 N–H and O–H groups in total. The molecule has 0 fully saturated rings. The van der Waals surface area contributed by atoms with E-state index in [1.165, 1.54) is 6.08 Å². The molecule has 0 aliphatic carbocycles. The third-order valence-electron chi connectivity index (χ3n) is 2.35. The van der Waals surface area contributed by atoms with Gasteiger partial charge in [-0.25, -0.2) is 0 Å². The third-order valence-corrected chi connectivity index (χ3v) is 2.60. The van der Waals surface area contributed by atoms with Gasteiger partial charge in [-0.15, -0.1) is 0 Å². The highest BCUT2D eigenvalue weighted by Crippen LogP contribution is 2.15. The fourth-order valence-electron chi connectivity index (χ4n) is 1.39. The summed E-state index contributed by atoms with van der Waals surface area (Å²) in [6.07, 6.45) is 1.07. The van der Waals surface area contributed by atoms with Gasteiger partial charge >= 0.3 is 0 Å². The maximum Gasteiger partial charge on any atom is 0.173 e. The van der Waals surface area contributed by atoms with E-state index in [9.17, 15) is 0 Å². The molecule has 1 rings (SSSR count). The van der Waals surface area contributed by atoms with Crippen LogP contribution in [-0.2, 0) is 9.47 Å². The predicted octanol–water partition coefficient (Wildman–Crippen LogP) is 2.41. The molecule has 1 aromatic carbocycles. The van der Waals surface area contributed by atoms with Crippen molar-refractivity contribution in [3.8, 4) is 6.07 Å². The number of nitrogens with one attached hydrogen (secondary N) is 1. The lowest BCUT2D eigenvalue weighted by atomic mass is 10.1. The van der Waals surface area contributed by atoms with Crippen LogP contribution >= 0.6 is 11.6 Å². The largest absolute Gasteiger partial charge is 0.379 e. The summed E-state index contributed by atoms with van der Waals surface area (Å²) in [5.74, 6) is 0.